The van der Waals surface area contributed by atoms with Crippen LogP contribution >= 0.6 is 0 Å². The second-order valence-corrected chi connectivity index (χ2v) is 2.75. The van der Waals surface area contributed by atoms with Crippen LogP contribution in [0.1, 0.15) is 12.8 Å². The molecule has 0 bridgehead atoms. The van der Waals surface area contributed by atoms with Gasteiger partial charge in [-0.25, -0.2) is 0 Å². The topological polar surface area (TPSA) is 60.4 Å². The second kappa shape index (κ2) is 3.58. The molecule has 0 spiro atoms. The fraction of sp³-hybridized carbons (Fsp3) is 0.625. The number of carbonyl (C=O) groups is 3. The first-order valence-corrected chi connectivity index (χ1v) is 3.75. The lowest BCUT2D eigenvalue weighted by Gasteiger charge is -2.21. The van der Waals surface area contributed by atoms with E-state index < -0.39 is 17.8 Å². The van der Waals surface area contributed by atoms with Crippen molar-refractivity contribution in [3.63, 3.8) is 0 Å². The van der Waals surface area contributed by atoms with Gasteiger partial charge in [-0.1, -0.05) is 0 Å². The molecule has 2 atom stereocenters. The Morgan fingerprint density at radius 2 is 2.17 bits per heavy atom. The van der Waals surface area contributed by atoms with Crippen molar-refractivity contribution in [2.75, 3.05) is 7.11 Å². The molecule has 0 aliphatic heterocycles. The van der Waals surface area contributed by atoms with Crippen LogP contribution in [0.3, 0.4) is 0 Å². The summed E-state index contributed by atoms with van der Waals surface area (Å²) in [6, 6.07) is 0. The van der Waals surface area contributed by atoms with E-state index in [0.29, 0.717) is 12.7 Å². The summed E-state index contributed by atoms with van der Waals surface area (Å²) in [6.45, 7) is 0. The van der Waals surface area contributed by atoms with E-state index in [1.807, 2.05) is 0 Å². The number of hydrogen-bond donors (Lipinski definition) is 0. The zero-order chi connectivity index (χ0) is 9.14. The first kappa shape index (κ1) is 9.06. The third kappa shape index (κ3) is 1.43. The van der Waals surface area contributed by atoms with Gasteiger partial charge in [-0.3, -0.25) is 9.59 Å². The molecule has 1 aliphatic carbocycles. The Kier molecular flexibility index (Phi) is 2.70. The van der Waals surface area contributed by atoms with E-state index in [4.69, 9.17) is 4.74 Å². The molecular formula is C8H10O4. The van der Waals surface area contributed by atoms with Crippen molar-refractivity contribution in [3.8, 4) is 0 Å². The van der Waals surface area contributed by atoms with Gasteiger partial charge in [-0.15, -0.1) is 0 Å². The maximum Gasteiger partial charge on any atom is 0.179 e. The molecule has 4 heteroatoms. The number of ketones is 2. The van der Waals surface area contributed by atoms with E-state index >= 15 is 0 Å². The predicted octanol–water partition coefficient (Wildman–Crippen LogP) is -0.252. The Morgan fingerprint density at radius 1 is 1.50 bits per heavy atom. The van der Waals surface area contributed by atoms with Crippen molar-refractivity contribution >= 4 is 17.9 Å². The number of Topliss-reactive ketones (excluding diaryl/α,β-unsaturated/α-hetero) is 2. The van der Waals surface area contributed by atoms with E-state index in [1.165, 1.54) is 7.11 Å². The summed E-state index contributed by atoms with van der Waals surface area (Å²) in [6.07, 6.45) is 0.486. The highest BCUT2D eigenvalue weighted by atomic mass is 16.5. The molecule has 1 fully saturated rings. The van der Waals surface area contributed by atoms with E-state index in [0.717, 1.165) is 0 Å². The summed E-state index contributed by atoms with van der Waals surface area (Å²) in [7, 11) is 1.40. The molecule has 0 aromatic heterocycles. The molecule has 0 amide bonds. The number of carbonyl (C=O) groups excluding carboxylic acids is 3. The SMILES string of the molecule is COC1CCC(=O)C(C=O)C1=O. The largest absolute Gasteiger partial charge is 0.374 e. The van der Waals surface area contributed by atoms with E-state index in [9.17, 15) is 14.4 Å². The number of methoxy groups -OCH3 is 1. The van der Waals surface area contributed by atoms with Crippen molar-refractivity contribution in [3.05, 3.63) is 0 Å². The van der Waals surface area contributed by atoms with Gasteiger partial charge in [0.1, 0.15) is 18.3 Å². The lowest BCUT2D eigenvalue weighted by molar-refractivity contribution is -0.145. The minimum atomic E-state index is -1.08. The molecule has 4 nitrogen and oxygen atoms in total. The third-order valence-corrected chi connectivity index (χ3v) is 2.04. The summed E-state index contributed by atoms with van der Waals surface area (Å²) < 4.78 is 4.82. The Hall–Kier alpha value is -1.03. The van der Waals surface area contributed by atoms with Crippen molar-refractivity contribution in [2.24, 2.45) is 5.92 Å². The smallest absolute Gasteiger partial charge is 0.179 e. The molecule has 0 N–H and O–H groups in total. The van der Waals surface area contributed by atoms with Crippen LogP contribution in [0.5, 0.6) is 0 Å². The van der Waals surface area contributed by atoms with Gasteiger partial charge in [0.15, 0.2) is 11.6 Å². The van der Waals surface area contributed by atoms with Crippen LogP contribution in [-0.4, -0.2) is 31.1 Å². The Labute approximate surface area is 69.9 Å². The molecule has 1 aliphatic rings. The van der Waals surface area contributed by atoms with Crippen molar-refractivity contribution in [1.82, 2.24) is 0 Å². The number of hydrogen-bond acceptors (Lipinski definition) is 4. The molecule has 0 heterocycles. The molecule has 2 unspecified atom stereocenters. The number of rotatable bonds is 2. The Bertz CT molecular complexity index is 221. The van der Waals surface area contributed by atoms with Crippen LogP contribution in [0.4, 0.5) is 0 Å². The zero-order valence-corrected chi connectivity index (χ0v) is 6.78. The van der Waals surface area contributed by atoms with Gasteiger partial charge in [-0.2, -0.15) is 0 Å². The third-order valence-electron chi connectivity index (χ3n) is 2.04. The highest BCUT2D eigenvalue weighted by molar-refractivity contribution is 6.16. The fourth-order valence-electron chi connectivity index (χ4n) is 1.31. The predicted molar refractivity (Wildman–Crippen MR) is 39.6 cm³/mol. The highest BCUT2D eigenvalue weighted by Crippen LogP contribution is 2.18. The van der Waals surface area contributed by atoms with Gasteiger partial charge in [0, 0.05) is 13.5 Å². The summed E-state index contributed by atoms with van der Waals surface area (Å²) >= 11 is 0. The molecule has 0 aromatic rings. The zero-order valence-electron chi connectivity index (χ0n) is 6.78. The molecule has 0 aromatic carbocycles. The molecule has 1 rings (SSSR count). The summed E-state index contributed by atoms with van der Waals surface area (Å²) in [5, 5.41) is 0. The first-order valence-electron chi connectivity index (χ1n) is 3.75. The highest BCUT2D eigenvalue weighted by Gasteiger charge is 2.36. The summed E-state index contributed by atoms with van der Waals surface area (Å²) in [5.41, 5.74) is 0. The monoisotopic (exact) mass is 170 g/mol. The Balaban J connectivity index is 2.76. The van der Waals surface area contributed by atoms with Crippen LogP contribution < -0.4 is 0 Å². The van der Waals surface area contributed by atoms with Crippen LogP contribution in [-0.2, 0) is 19.1 Å². The van der Waals surface area contributed by atoms with Crippen LogP contribution in [0, 0.1) is 5.92 Å². The molecule has 0 radical (unpaired) electrons. The second-order valence-electron chi connectivity index (χ2n) is 2.75. The maximum absolute atomic E-state index is 11.2. The van der Waals surface area contributed by atoms with E-state index in [2.05, 4.69) is 0 Å². The van der Waals surface area contributed by atoms with Crippen LogP contribution in [0.2, 0.25) is 0 Å². The van der Waals surface area contributed by atoms with Gasteiger partial charge in [0.05, 0.1) is 0 Å². The summed E-state index contributed by atoms with van der Waals surface area (Å²) in [5.74, 6) is -1.77. The van der Waals surface area contributed by atoms with Gasteiger partial charge in [0.25, 0.3) is 0 Å². The minimum absolute atomic E-state index is 0.258. The van der Waals surface area contributed by atoms with Gasteiger partial charge >= 0.3 is 0 Å². The normalized spacial score (nSPS) is 30.4. The lowest BCUT2D eigenvalue weighted by Crippen LogP contribution is -2.40. The lowest BCUT2D eigenvalue weighted by atomic mass is 9.86. The first-order chi connectivity index (χ1) is 5.70. The van der Waals surface area contributed by atoms with Gasteiger partial charge < -0.3 is 9.53 Å². The Morgan fingerprint density at radius 3 is 2.67 bits per heavy atom. The van der Waals surface area contributed by atoms with Crippen LogP contribution in [0.15, 0.2) is 0 Å². The average molecular weight is 170 g/mol. The van der Waals surface area contributed by atoms with Crippen molar-refractivity contribution in [1.29, 1.82) is 0 Å². The van der Waals surface area contributed by atoms with Crippen molar-refractivity contribution in [2.45, 2.75) is 18.9 Å². The average Bonchev–Trinajstić information content (AvgIpc) is 2.06. The standard InChI is InChI=1S/C8H10O4/c1-12-7-3-2-6(10)5(4-9)8(7)11/h4-5,7H,2-3H2,1H3. The number of ether oxygens (including phenoxy) is 1. The quantitative estimate of drug-likeness (QED) is 0.423. The molecule has 12 heavy (non-hydrogen) atoms. The number of aldehydes is 1. The van der Waals surface area contributed by atoms with E-state index in [1.54, 1.807) is 0 Å². The van der Waals surface area contributed by atoms with Gasteiger partial charge in [0.2, 0.25) is 0 Å². The fourth-order valence-corrected chi connectivity index (χ4v) is 1.31. The molecule has 1 saturated carbocycles. The van der Waals surface area contributed by atoms with E-state index in [-0.39, 0.29) is 12.2 Å². The maximum atomic E-state index is 11.2. The minimum Gasteiger partial charge on any atom is -0.374 e. The summed E-state index contributed by atoms with van der Waals surface area (Å²) in [4.78, 5) is 32.6. The molecule has 0 saturated heterocycles. The van der Waals surface area contributed by atoms with Crippen LogP contribution in [0.25, 0.3) is 0 Å². The van der Waals surface area contributed by atoms with Crippen molar-refractivity contribution < 1.29 is 19.1 Å². The van der Waals surface area contributed by atoms with Gasteiger partial charge in [-0.05, 0) is 6.42 Å². The molecule has 66 valence electrons. The molecular weight excluding hydrogens is 160 g/mol.